The lowest BCUT2D eigenvalue weighted by atomic mass is 10.2. The largest absolute Gasteiger partial charge is 0.397 e. The van der Waals surface area contributed by atoms with Crippen LogP contribution in [0.3, 0.4) is 0 Å². The lowest BCUT2D eigenvalue weighted by Gasteiger charge is -2.08. The first-order valence-corrected chi connectivity index (χ1v) is 4.93. The van der Waals surface area contributed by atoms with Gasteiger partial charge in [0.25, 0.3) is 5.91 Å². The SMILES string of the molecule is Nc1cnc(Cl)c(C(=O)NCCC(F)(F)F)c1. The summed E-state index contributed by atoms with van der Waals surface area (Å²) >= 11 is 5.61. The van der Waals surface area contributed by atoms with Crippen molar-refractivity contribution in [1.29, 1.82) is 0 Å². The monoisotopic (exact) mass is 267 g/mol. The highest BCUT2D eigenvalue weighted by Crippen LogP contribution is 2.19. The number of halogens is 4. The molecule has 0 aliphatic heterocycles. The maximum absolute atomic E-state index is 11.8. The Morgan fingerprint density at radius 3 is 2.76 bits per heavy atom. The van der Waals surface area contributed by atoms with Crippen LogP contribution in [0.4, 0.5) is 18.9 Å². The molecule has 0 spiro atoms. The van der Waals surface area contributed by atoms with Gasteiger partial charge in [0, 0.05) is 6.54 Å². The van der Waals surface area contributed by atoms with Gasteiger partial charge < -0.3 is 11.1 Å². The van der Waals surface area contributed by atoms with Crippen LogP contribution in [0.1, 0.15) is 16.8 Å². The summed E-state index contributed by atoms with van der Waals surface area (Å²) in [6, 6.07) is 1.25. The van der Waals surface area contributed by atoms with Gasteiger partial charge in [-0.2, -0.15) is 13.2 Å². The summed E-state index contributed by atoms with van der Waals surface area (Å²) in [6.45, 7) is -0.520. The molecule has 1 amide bonds. The van der Waals surface area contributed by atoms with E-state index in [4.69, 9.17) is 17.3 Å². The quantitative estimate of drug-likeness (QED) is 0.823. The van der Waals surface area contributed by atoms with Crippen molar-refractivity contribution in [3.05, 3.63) is 23.0 Å². The van der Waals surface area contributed by atoms with Crippen molar-refractivity contribution in [2.75, 3.05) is 12.3 Å². The Bertz CT molecular complexity index is 422. The third-order valence-corrected chi connectivity index (χ3v) is 2.10. The number of pyridine rings is 1. The van der Waals surface area contributed by atoms with E-state index in [1.807, 2.05) is 0 Å². The van der Waals surface area contributed by atoms with Crippen LogP contribution in [0.15, 0.2) is 12.3 Å². The van der Waals surface area contributed by atoms with E-state index in [1.54, 1.807) is 0 Å². The Labute approximate surface area is 100.0 Å². The second-order valence-electron chi connectivity index (χ2n) is 3.23. The molecule has 1 heterocycles. The zero-order chi connectivity index (χ0) is 13.1. The van der Waals surface area contributed by atoms with Gasteiger partial charge in [-0.3, -0.25) is 4.79 Å². The molecule has 0 atom stereocenters. The number of nitrogens with one attached hydrogen (secondary N) is 1. The fraction of sp³-hybridized carbons (Fsp3) is 0.333. The molecule has 4 nitrogen and oxygen atoms in total. The molecular formula is C9H9ClF3N3O. The van der Waals surface area contributed by atoms with Gasteiger partial charge in [-0.25, -0.2) is 4.98 Å². The highest BCUT2D eigenvalue weighted by Gasteiger charge is 2.26. The minimum absolute atomic E-state index is 0.0474. The number of aromatic nitrogens is 1. The van der Waals surface area contributed by atoms with E-state index >= 15 is 0 Å². The number of hydrogen-bond donors (Lipinski definition) is 2. The number of nitrogens with zero attached hydrogens (tertiary/aromatic N) is 1. The van der Waals surface area contributed by atoms with Crippen molar-refractivity contribution in [3.63, 3.8) is 0 Å². The summed E-state index contributed by atoms with van der Waals surface area (Å²) < 4.78 is 35.5. The van der Waals surface area contributed by atoms with Crippen LogP contribution in [-0.4, -0.2) is 23.6 Å². The van der Waals surface area contributed by atoms with Gasteiger partial charge in [-0.15, -0.1) is 0 Å². The molecule has 0 radical (unpaired) electrons. The zero-order valence-electron chi connectivity index (χ0n) is 8.51. The average Bonchev–Trinajstić information content (AvgIpc) is 2.19. The fourth-order valence-corrected chi connectivity index (χ4v) is 1.23. The highest BCUT2D eigenvalue weighted by molar-refractivity contribution is 6.32. The number of rotatable bonds is 3. The average molecular weight is 268 g/mol. The van der Waals surface area contributed by atoms with E-state index in [0.29, 0.717) is 0 Å². The summed E-state index contributed by atoms with van der Waals surface area (Å²) in [7, 11) is 0. The molecule has 94 valence electrons. The van der Waals surface area contributed by atoms with Crippen LogP contribution < -0.4 is 11.1 Å². The van der Waals surface area contributed by atoms with Gasteiger partial charge in [-0.1, -0.05) is 11.6 Å². The van der Waals surface area contributed by atoms with Crippen LogP contribution in [0.2, 0.25) is 5.15 Å². The topological polar surface area (TPSA) is 68.0 Å². The van der Waals surface area contributed by atoms with Gasteiger partial charge in [0.15, 0.2) is 0 Å². The third kappa shape index (κ3) is 4.48. The normalized spacial score (nSPS) is 11.3. The molecule has 1 aromatic heterocycles. The van der Waals surface area contributed by atoms with Crippen molar-refractivity contribution >= 4 is 23.2 Å². The Hall–Kier alpha value is -1.50. The molecular weight excluding hydrogens is 259 g/mol. The van der Waals surface area contributed by atoms with Crippen molar-refractivity contribution < 1.29 is 18.0 Å². The first kappa shape index (κ1) is 13.6. The highest BCUT2D eigenvalue weighted by atomic mass is 35.5. The number of hydrogen-bond acceptors (Lipinski definition) is 3. The molecule has 0 bridgehead atoms. The van der Waals surface area contributed by atoms with Gasteiger partial charge in [0.1, 0.15) is 5.15 Å². The predicted molar refractivity (Wildman–Crippen MR) is 56.7 cm³/mol. The number of amides is 1. The first-order chi connectivity index (χ1) is 7.79. The van der Waals surface area contributed by atoms with E-state index in [0.717, 1.165) is 0 Å². The van der Waals surface area contributed by atoms with Gasteiger partial charge in [0.2, 0.25) is 0 Å². The number of anilines is 1. The fourth-order valence-electron chi connectivity index (χ4n) is 1.04. The van der Waals surface area contributed by atoms with Crippen molar-refractivity contribution in [2.45, 2.75) is 12.6 Å². The summed E-state index contributed by atoms with van der Waals surface area (Å²) in [5, 5.41) is 1.98. The second-order valence-corrected chi connectivity index (χ2v) is 3.59. The second kappa shape index (κ2) is 5.22. The molecule has 17 heavy (non-hydrogen) atoms. The van der Waals surface area contributed by atoms with Crippen LogP contribution in [0.5, 0.6) is 0 Å². The van der Waals surface area contributed by atoms with Crippen molar-refractivity contribution in [2.24, 2.45) is 0 Å². The standard InChI is InChI=1S/C9H9ClF3N3O/c10-7-6(3-5(14)4-16-7)8(17)15-2-1-9(11,12)13/h3-4H,1-2,14H2,(H,15,17). The summed E-state index contributed by atoms with van der Waals surface area (Å²) in [5.41, 5.74) is 5.54. The summed E-state index contributed by atoms with van der Waals surface area (Å²) in [4.78, 5) is 15.1. The number of carbonyl (C=O) groups is 1. The molecule has 1 aromatic rings. The molecule has 8 heteroatoms. The van der Waals surface area contributed by atoms with Crippen LogP contribution >= 0.6 is 11.6 Å². The van der Waals surface area contributed by atoms with Crippen LogP contribution in [-0.2, 0) is 0 Å². The molecule has 0 saturated carbocycles. The van der Waals surface area contributed by atoms with E-state index < -0.39 is 25.0 Å². The van der Waals surface area contributed by atoms with E-state index in [1.165, 1.54) is 12.3 Å². The van der Waals surface area contributed by atoms with Crippen molar-refractivity contribution in [1.82, 2.24) is 10.3 Å². The summed E-state index contributed by atoms with van der Waals surface area (Å²) in [6.07, 6.45) is -4.17. The molecule has 3 N–H and O–H groups in total. The number of nitrogen functional groups attached to an aromatic ring is 1. The molecule has 0 aliphatic carbocycles. The Morgan fingerprint density at radius 1 is 1.53 bits per heavy atom. The van der Waals surface area contributed by atoms with Gasteiger partial charge in [-0.05, 0) is 6.07 Å². The van der Waals surface area contributed by atoms with E-state index in [2.05, 4.69) is 10.3 Å². The predicted octanol–water partition coefficient (Wildman–Crippen LogP) is 2.00. The number of nitrogens with two attached hydrogens (primary N) is 1. The first-order valence-electron chi connectivity index (χ1n) is 4.55. The Morgan fingerprint density at radius 2 is 2.18 bits per heavy atom. The molecule has 0 unspecified atom stereocenters. The molecule has 1 rings (SSSR count). The smallest absolute Gasteiger partial charge is 0.390 e. The molecule has 0 aliphatic rings. The molecule has 0 fully saturated rings. The minimum atomic E-state index is -4.31. The van der Waals surface area contributed by atoms with Crippen LogP contribution in [0, 0.1) is 0 Å². The van der Waals surface area contributed by atoms with Crippen LogP contribution in [0.25, 0.3) is 0 Å². The minimum Gasteiger partial charge on any atom is -0.397 e. The number of alkyl halides is 3. The third-order valence-electron chi connectivity index (χ3n) is 1.80. The Balaban J connectivity index is 2.61. The maximum atomic E-state index is 11.8. The van der Waals surface area contributed by atoms with E-state index in [9.17, 15) is 18.0 Å². The van der Waals surface area contributed by atoms with Gasteiger partial charge in [0.05, 0.1) is 23.9 Å². The van der Waals surface area contributed by atoms with Gasteiger partial charge >= 0.3 is 6.18 Å². The maximum Gasteiger partial charge on any atom is 0.390 e. The summed E-state index contributed by atoms with van der Waals surface area (Å²) in [5.74, 6) is -0.737. The lowest BCUT2D eigenvalue weighted by molar-refractivity contribution is -0.132. The molecule has 0 saturated heterocycles. The molecule has 0 aromatic carbocycles. The van der Waals surface area contributed by atoms with E-state index in [-0.39, 0.29) is 16.4 Å². The zero-order valence-corrected chi connectivity index (χ0v) is 9.27. The Kier molecular flexibility index (Phi) is 4.17. The lowest BCUT2D eigenvalue weighted by Crippen LogP contribution is -2.28. The van der Waals surface area contributed by atoms with Crippen molar-refractivity contribution in [3.8, 4) is 0 Å². The number of carbonyl (C=O) groups excluding carboxylic acids is 1.